The van der Waals surface area contributed by atoms with Crippen molar-refractivity contribution in [3.05, 3.63) is 0 Å². The van der Waals surface area contributed by atoms with E-state index in [1.54, 1.807) is 0 Å². The van der Waals surface area contributed by atoms with Gasteiger partial charge >= 0.3 is 0 Å². The van der Waals surface area contributed by atoms with Crippen molar-refractivity contribution in [1.29, 1.82) is 0 Å². The molecule has 0 aliphatic carbocycles. The number of rotatable bonds is 0. The highest BCUT2D eigenvalue weighted by Gasteiger charge is 1.26. The second kappa shape index (κ2) is 28.6. The summed E-state index contributed by atoms with van der Waals surface area (Å²) in [5, 5.41) is 22.6. The first-order valence-corrected chi connectivity index (χ1v) is 2.51. The summed E-state index contributed by atoms with van der Waals surface area (Å²) in [4.78, 5) is 8.33. The zero-order valence-electron chi connectivity index (χ0n) is 4.03. The minimum absolute atomic E-state index is 2.33. The van der Waals surface area contributed by atoms with Crippen molar-refractivity contribution >= 4 is 31.8 Å². The van der Waals surface area contributed by atoms with Gasteiger partial charge in [0.15, 0.2) is 0 Å². The lowest BCUT2D eigenvalue weighted by Crippen LogP contribution is -2.37. The van der Waals surface area contributed by atoms with Crippen LogP contribution in [0.5, 0.6) is 0 Å². The van der Waals surface area contributed by atoms with Crippen LogP contribution < -0.4 is 20.5 Å². The maximum Gasteiger partial charge on any atom is 0.0527 e. The average Bonchev–Trinajstić information content (AvgIpc) is 1.75. The zero-order chi connectivity index (χ0) is 7.58. The molecule has 0 spiro atoms. The van der Waals surface area contributed by atoms with Crippen LogP contribution in [0.1, 0.15) is 0 Å². The number of hydrogen-bond donors (Lipinski definition) is 4. The molecule has 0 saturated heterocycles. The Morgan fingerprint density at radius 1 is 1.12 bits per heavy atom. The van der Waals surface area contributed by atoms with Gasteiger partial charge in [0.05, 0.1) is 25.6 Å². The van der Waals surface area contributed by atoms with Crippen LogP contribution in [0.4, 0.5) is 4.79 Å². The van der Waals surface area contributed by atoms with Crippen LogP contribution in [-0.4, -0.2) is 6.16 Å². The zero-order valence-corrected chi connectivity index (χ0v) is 5.82. The number of thiol groups is 2. The quantitative estimate of drug-likeness (QED) is 0.268. The van der Waals surface area contributed by atoms with E-state index in [0.29, 0.717) is 0 Å². The lowest BCUT2D eigenvalue weighted by molar-refractivity contribution is -0.415. The van der Waals surface area contributed by atoms with E-state index in [4.69, 9.17) is 15.0 Å². The normalized spacial score (nSPS) is 4.50. The lowest BCUT2D eigenvalue weighted by atomic mass is 11.5. The van der Waals surface area contributed by atoms with E-state index >= 15 is 0 Å². The van der Waals surface area contributed by atoms with Crippen molar-refractivity contribution in [2.75, 3.05) is 0 Å². The molecule has 0 radical (unpaired) electrons. The van der Waals surface area contributed by atoms with Gasteiger partial charge < -0.3 is 15.0 Å². The van der Waals surface area contributed by atoms with E-state index in [1.807, 2.05) is 0 Å². The average molecular weight is 160 g/mol. The molecular formula is CH8N2O3S2. The van der Waals surface area contributed by atoms with E-state index in [9.17, 15) is 0 Å². The van der Waals surface area contributed by atoms with Gasteiger partial charge in [-0.1, -0.05) is 0 Å². The minimum Gasteiger partial charge on any atom is -0.652 e. The first kappa shape index (κ1) is 15.7. The molecule has 0 rings (SSSR count). The molecule has 0 unspecified atom stereocenters. The standard InChI is InChI=1S/CH2O3.2H3NS/c2-1(3)4;2*1-2/h(H2,2,3,4);2*2H,1H2. The van der Waals surface area contributed by atoms with Crippen molar-refractivity contribution in [3.8, 4) is 0 Å². The molecule has 0 heterocycles. The highest BCUT2D eigenvalue weighted by molar-refractivity contribution is 7.72. The first-order valence-electron chi connectivity index (χ1n) is 1.24. The smallest absolute Gasteiger partial charge is 0.0527 e. The highest BCUT2D eigenvalue weighted by Crippen LogP contribution is 1.21. The fourth-order valence-corrected chi connectivity index (χ4v) is 0. The Hall–Kier alpha value is -0.110. The fourth-order valence-electron chi connectivity index (χ4n) is 0. The van der Waals surface area contributed by atoms with E-state index < -0.39 is 6.16 Å². The van der Waals surface area contributed by atoms with Crippen molar-refractivity contribution in [1.82, 2.24) is 0 Å². The monoisotopic (exact) mass is 160 g/mol. The second-order valence-electron chi connectivity index (χ2n) is 0.250. The van der Waals surface area contributed by atoms with Gasteiger partial charge in [-0.05, 0) is 6.16 Å². The molecule has 0 aromatic carbocycles. The third-order valence-electron chi connectivity index (χ3n) is 0. The molecule has 0 aliphatic heterocycles. The topological polar surface area (TPSA) is 118 Å². The molecule has 0 atom stereocenters. The van der Waals surface area contributed by atoms with Gasteiger partial charge in [-0.2, -0.15) is 0 Å². The summed E-state index contributed by atoms with van der Waals surface area (Å²) in [5.41, 5.74) is 0. The minimum atomic E-state index is -2.33. The molecule has 52 valence electrons. The van der Waals surface area contributed by atoms with Crippen LogP contribution in [0.25, 0.3) is 0 Å². The maximum absolute atomic E-state index is 8.33. The molecule has 0 saturated carbocycles. The Labute approximate surface area is 57.8 Å². The summed E-state index contributed by atoms with van der Waals surface area (Å²) >= 11 is 6.56. The van der Waals surface area contributed by atoms with Gasteiger partial charge in [-0.3, -0.25) is 10.3 Å². The third-order valence-corrected chi connectivity index (χ3v) is 0. The summed E-state index contributed by atoms with van der Waals surface area (Å²) in [6.45, 7) is 0. The molecule has 0 aromatic heterocycles. The number of hydrogen-bond acceptors (Lipinski definition) is 5. The van der Waals surface area contributed by atoms with E-state index in [2.05, 4.69) is 35.9 Å². The van der Waals surface area contributed by atoms with E-state index in [0.717, 1.165) is 0 Å². The van der Waals surface area contributed by atoms with Crippen LogP contribution in [-0.2, 0) is 0 Å². The van der Waals surface area contributed by atoms with Gasteiger partial charge in [-0.15, -0.1) is 0 Å². The molecular weight excluding hydrogens is 152 g/mol. The van der Waals surface area contributed by atoms with Gasteiger partial charge in [-0.25, -0.2) is 0 Å². The Morgan fingerprint density at radius 2 is 1.12 bits per heavy atom. The van der Waals surface area contributed by atoms with Crippen LogP contribution in [0.3, 0.4) is 0 Å². The van der Waals surface area contributed by atoms with E-state index in [-0.39, 0.29) is 0 Å². The molecule has 0 fully saturated rings. The van der Waals surface area contributed by atoms with Gasteiger partial charge in [0.25, 0.3) is 0 Å². The molecule has 0 aliphatic rings. The SMILES string of the molecule is O=C([O-])[O-].[NH3+]S.[NH3+]S. The highest BCUT2D eigenvalue weighted by atomic mass is 32.1. The predicted molar refractivity (Wildman–Crippen MR) is 29.1 cm³/mol. The predicted octanol–water partition coefficient (Wildman–Crippen LogP) is -4.30. The Balaban J connectivity index is -0.0000000542. The Kier molecular flexibility index (Phi) is 56.0. The van der Waals surface area contributed by atoms with Crippen LogP contribution in [0.15, 0.2) is 0 Å². The van der Waals surface area contributed by atoms with Crippen molar-refractivity contribution in [2.45, 2.75) is 0 Å². The van der Waals surface area contributed by atoms with Crippen LogP contribution in [0, 0.1) is 0 Å². The van der Waals surface area contributed by atoms with Gasteiger partial charge in [0.1, 0.15) is 0 Å². The molecule has 8 heavy (non-hydrogen) atoms. The summed E-state index contributed by atoms with van der Waals surface area (Å²) in [6, 6.07) is 0. The molecule has 0 bridgehead atoms. The number of carboxylic acid groups (broad SMARTS) is 2. The summed E-state index contributed by atoms with van der Waals surface area (Å²) in [6.07, 6.45) is -2.33. The lowest BCUT2D eigenvalue weighted by Gasteiger charge is -1.96. The van der Waals surface area contributed by atoms with Gasteiger partial charge in [0, 0.05) is 0 Å². The number of carbonyl (C=O) groups is 1. The van der Waals surface area contributed by atoms with Crippen LogP contribution >= 0.6 is 25.6 Å². The molecule has 0 aromatic rings. The summed E-state index contributed by atoms with van der Waals surface area (Å²) < 4.78 is 0. The summed E-state index contributed by atoms with van der Waals surface area (Å²) in [5.74, 6) is 0. The van der Waals surface area contributed by atoms with Gasteiger partial charge in [0.2, 0.25) is 0 Å². The van der Waals surface area contributed by atoms with Crippen molar-refractivity contribution in [3.63, 3.8) is 0 Å². The molecule has 5 nitrogen and oxygen atoms in total. The number of quaternary nitrogens is 2. The molecule has 0 amide bonds. The molecule has 6 N–H and O–H groups in total. The largest absolute Gasteiger partial charge is 0.652 e. The van der Waals surface area contributed by atoms with Crippen LogP contribution in [0.2, 0.25) is 0 Å². The Morgan fingerprint density at radius 3 is 1.12 bits per heavy atom. The maximum atomic E-state index is 8.33. The molecule has 7 heteroatoms. The second-order valence-corrected chi connectivity index (χ2v) is 0.250. The number of carbonyl (C=O) groups excluding carboxylic acids is 1. The van der Waals surface area contributed by atoms with E-state index in [1.165, 1.54) is 0 Å². The third kappa shape index (κ3) is 11600. The Bertz CT molecular complexity index is 38.3. The fraction of sp³-hybridized carbons (Fsp3) is 0. The van der Waals surface area contributed by atoms with Crippen molar-refractivity contribution < 1.29 is 25.3 Å². The van der Waals surface area contributed by atoms with Crippen molar-refractivity contribution in [2.24, 2.45) is 0 Å². The summed E-state index contributed by atoms with van der Waals surface area (Å²) in [7, 11) is 0. The first-order chi connectivity index (χ1) is 3.73.